The van der Waals surface area contributed by atoms with Crippen LogP contribution in [-0.2, 0) is 0 Å². The molecule has 1 saturated heterocycles. The van der Waals surface area contributed by atoms with E-state index in [4.69, 9.17) is 0 Å². The molecule has 1 aliphatic rings. The van der Waals surface area contributed by atoms with E-state index in [1.54, 1.807) is 0 Å². The molecule has 4 nitrogen and oxygen atoms in total. The van der Waals surface area contributed by atoms with E-state index in [2.05, 4.69) is 29.8 Å². The van der Waals surface area contributed by atoms with Crippen molar-refractivity contribution in [1.82, 2.24) is 14.8 Å². The molecule has 1 fully saturated rings. The Morgan fingerprint density at radius 3 is 2.45 bits per heavy atom. The van der Waals surface area contributed by atoms with E-state index in [9.17, 15) is 4.79 Å². The summed E-state index contributed by atoms with van der Waals surface area (Å²) in [6, 6.07) is 3.78. The highest BCUT2D eigenvalue weighted by molar-refractivity contribution is 5.94. The summed E-state index contributed by atoms with van der Waals surface area (Å²) < 4.78 is 0. The molecule has 1 aromatic rings. The third-order valence-electron chi connectivity index (χ3n) is 3.96. The maximum absolute atomic E-state index is 12.7. The number of hydrogen-bond acceptors (Lipinski definition) is 3. The summed E-state index contributed by atoms with van der Waals surface area (Å²) in [5.41, 5.74) is 3.93. The topological polar surface area (TPSA) is 36.4 Å². The molecule has 120 valence electrons. The van der Waals surface area contributed by atoms with Gasteiger partial charge in [0.05, 0.1) is 0 Å². The molecule has 1 aromatic heterocycles. The van der Waals surface area contributed by atoms with Gasteiger partial charge in [0.25, 0.3) is 5.91 Å². The third-order valence-corrected chi connectivity index (χ3v) is 3.96. The standard InChI is InChI=1S/C18H27N3O/c1-14(2)6-9-20-7-5-8-21(11-10-20)18(22)17-12-15(3)19-16(4)13-17/h6,12-13H,5,7-11H2,1-4H3. The number of rotatable bonds is 3. The smallest absolute Gasteiger partial charge is 0.254 e. The highest BCUT2D eigenvalue weighted by atomic mass is 16.2. The fraction of sp³-hybridized carbons (Fsp3) is 0.556. The van der Waals surface area contributed by atoms with Gasteiger partial charge in [0.2, 0.25) is 0 Å². The van der Waals surface area contributed by atoms with Crippen molar-refractivity contribution >= 4 is 5.91 Å². The van der Waals surface area contributed by atoms with Gasteiger partial charge in [-0.25, -0.2) is 0 Å². The molecule has 2 heterocycles. The largest absolute Gasteiger partial charge is 0.337 e. The van der Waals surface area contributed by atoms with Crippen LogP contribution in [-0.4, -0.2) is 53.4 Å². The molecule has 4 heteroatoms. The molecule has 1 aliphatic heterocycles. The molecule has 0 radical (unpaired) electrons. The highest BCUT2D eigenvalue weighted by Crippen LogP contribution is 2.12. The van der Waals surface area contributed by atoms with E-state index in [1.807, 2.05) is 30.9 Å². The van der Waals surface area contributed by atoms with Crippen LogP contribution in [0.25, 0.3) is 0 Å². The van der Waals surface area contributed by atoms with Gasteiger partial charge in [0, 0.05) is 49.7 Å². The van der Waals surface area contributed by atoms with Gasteiger partial charge in [-0.3, -0.25) is 14.7 Å². The van der Waals surface area contributed by atoms with Crippen molar-refractivity contribution in [2.24, 2.45) is 0 Å². The molecular weight excluding hydrogens is 274 g/mol. The lowest BCUT2D eigenvalue weighted by molar-refractivity contribution is 0.0761. The average Bonchev–Trinajstić information content (AvgIpc) is 2.68. The van der Waals surface area contributed by atoms with Crippen molar-refractivity contribution in [3.8, 4) is 0 Å². The van der Waals surface area contributed by atoms with Gasteiger partial charge in [-0.1, -0.05) is 11.6 Å². The van der Waals surface area contributed by atoms with Crippen molar-refractivity contribution in [2.75, 3.05) is 32.7 Å². The lowest BCUT2D eigenvalue weighted by Gasteiger charge is -2.21. The van der Waals surface area contributed by atoms with Gasteiger partial charge in [-0.05, 0) is 46.2 Å². The summed E-state index contributed by atoms with van der Waals surface area (Å²) in [5, 5.41) is 0. The number of aryl methyl sites for hydroxylation is 2. The van der Waals surface area contributed by atoms with Crippen LogP contribution < -0.4 is 0 Å². The Hall–Kier alpha value is -1.68. The minimum atomic E-state index is 0.137. The van der Waals surface area contributed by atoms with Crippen molar-refractivity contribution in [1.29, 1.82) is 0 Å². The maximum atomic E-state index is 12.7. The van der Waals surface area contributed by atoms with Crippen LogP contribution in [0.2, 0.25) is 0 Å². The number of amides is 1. The first-order valence-electron chi connectivity index (χ1n) is 8.06. The first-order chi connectivity index (χ1) is 10.5. The molecule has 0 atom stereocenters. The number of allylic oxidation sites excluding steroid dienone is 1. The van der Waals surface area contributed by atoms with Crippen LogP contribution >= 0.6 is 0 Å². The zero-order valence-electron chi connectivity index (χ0n) is 14.2. The van der Waals surface area contributed by atoms with E-state index in [0.717, 1.165) is 56.1 Å². The molecule has 2 rings (SSSR count). The van der Waals surface area contributed by atoms with Crippen molar-refractivity contribution in [2.45, 2.75) is 34.1 Å². The summed E-state index contributed by atoms with van der Waals surface area (Å²) in [6.07, 6.45) is 3.29. The summed E-state index contributed by atoms with van der Waals surface area (Å²) in [6.45, 7) is 12.8. The summed E-state index contributed by atoms with van der Waals surface area (Å²) in [5.74, 6) is 0.137. The SMILES string of the molecule is CC(C)=CCN1CCCN(C(=O)c2cc(C)nc(C)c2)CC1. The van der Waals surface area contributed by atoms with Gasteiger partial charge in [0.1, 0.15) is 0 Å². The van der Waals surface area contributed by atoms with Crippen LogP contribution in [0.15, 0.2) is 23.8 Å². The molecule has 0 spiro atoms. The molecule has 1 amide bonds. The van der Waals surface area contributed by atoms with E-state index < -0.39 is 0 Å². The van der Waals surface area contributed by atoms with Crippen LogP contribution in [0.4, 0.5) is 0 Å². The average molecular weight is 301 g/mol. The minimum absolute atomic E-state index is 0.137. The Balaban J connectivity index is 2.01. The Kier molecular flexibility index (Phi) is 5.72. The van der Waals surface area contributed by atoms with Crippen LogP contribution in [0.5, 0.6) is 0 Å². The fourth-order valence-corrected chi connectivity index (χ4v) is 2.81. The second kappa shape index (κ2) is 7.54. The predicted molar refractivity (Wildman–Crippen MR) is 90.1 cm³/mol. The van der Waals surface area contributed by atoms with Crippen molar-refractivity contribution < 1.29 is 4.79 Å². The van der Waals surface area contributed by atoms with Gasteiger partial charge in [-0.2, -0.15) is 0 Å². The molecule has 0 saturated carbocycles. The van der Waals surface area contributed by atoms with E-state index >= 15 is 0 Å². The molecule has 0 unspecified atom stereocenters. The van der Waals surface area contributed by atoms with Crippen molar-refractivity contribution in [3.05, 3.63) is 40.7 Å². The number of aromatic nitrogens is 1. The second-order valence-corrected chi connectivity index (χ2v) is 6.37. The normalized spacial score (nSPS) is 16.3. The molecule has 22 heavy (non-hydrogen) atoms. The number of carbonyl (C=O) groups is 1. The summed E-state index contributed by atoms with van der Waals surface area (Å²) in [7, 11) is 0. The van der Waals surface area contributed by atoms with Gasteiger partial charge < -0.3 is 4.90 Å². The Morgan fingerprint density at radius 1 is 1.14 bits per heavy atom. The van der Waals surface area contributed by atoms with E-state index in [0.29, 0.717) is 0 Å². The zero-order valence-corrected chi connectivity index (χ0v) is 14.2. The second-order valence-electron chi connectivity index (χ2n) is 6.37. The molecule has 0 aliphatic carbocycles. The number of nitrogens with zero attached hydrogens (tertiary/aromatic N) is 3. The quantitative estimate of drug-likeness (QED) is 0.806. The maximum Gasteiger partial charge on any atom is 0.254 e. The summed E-state index contributed by atoms with van der Waals surface area (Å²) in [4.78, 5) is 21.4. The van der Waals surface area contributed by atoms with Gasteiger partial charge >= 0.3 is 0 Å². The fourth-order valence-electron chi connectivity index (χ4n) is 2.81. The van der Waals surface area contributed by atoms with Gasteiger partial charge in [-0.15, -0.1) is 0 Å². The highest BCUT2D eigenvalue weighted by Gasteiger charge is 2.20. The monoisotopic (exact) mass is 301 g/mol. The van der Waals surface area contributed by atoms with Crippen molar-refractivity contribution in [3.63, 3.8) is 0 Å². The Labute approximate surface area is 133 Å². The third kappa shape index (κ3) is 4.67. The number of carbonyl (C=O) groups excluding carboxylic acids is 1. The van der Waals surface area contributed by atoms with Crippen LogP contribution in [0, 0.1) is 13.8 Å². The lowest BCUT2D eigenvalue weighted by atomic mass is 10.1. The van der Waals surface area contributed by atoms with Gasteiger partial charge in [0.15, 0.2) is 0 Å². The number of pyridine rings is 1. The van der Waals surface area contributed by atoms with E-state index in [1.165, 1.54) is 5.57 Å². The zero-order chi connectivity index (χ0) is 16.1. The predicted octanol–water partition coefficient (Wildman–Crippen LogP) is 2.81. The number of hydrogen-bond donors (Lipinski definition) is 0. The van der Waals surface area contributed by atoms with Crippen LogP contribution in [0.3, 0.4) is 0 Å². The molecule has 0 aromatic carbocycles. The van der Waals surface area contributed by atoms with Crippen LogP contribution in [0.1, 0.15) is 42.0 Å². The minimum Gasteiger partial charge on any atom is -0.337 e. The Morgan fingerprint density at radius 2 is 1.82 bits per heavy atom. The lowest BCUT2D eigenvalue weighted by Crippen LogP contribution is -2.35. The van der Waals surface area contributed by atoms with E-state index in [-0.39, 0.29) is 5.91 Å². The molecule has 0 bridgehead atoms. The molecular formula is C18H27N3O. The first-order valence-corrected chi connectivity index (χ1v) is 8.06. The molecule has 0 N–H and O–H groups in total. The summed E-state index contributed by atoms with van der Waals surface area (Å²) >= 11 is 0. The first kappa shape index (κ1) is 16.7. The Bertz CT molecular complexity index is 541.